The second-order valence-electron chi connectivity index (χ2n) is 2.50. The number of nitrogens with zero attached hydrogens (tertiary/aromatic N) is 1. The van der Waals surface area contributed by atoms with Crippen LogP contribution in [0.5, 0.6) is 0 Å². The largest absolute Gasteiger partial charge is 0.480 e. The maximum atomic E-state index is 10.4. The number of hydrogen-bond donors (Lipinski definition) is 1. The second kappa shape index (κ2) is 4.69. The first-order valence-corrected chi connectivity index (χ1v) is 3.21. The highest BCUT2D eigenvalue weighted by Gasteiger charge is 2.31. The van der Waals surface area contributed by atoms with E-state index in [4.69, 9.17) is 10.4 Å². The Morgan fingerprint density at radius 2 is 2.18 bits per heavy atom. The molecule has 0 aromatic heterocycles. The summed E-state index contributed by atoms with van der Waals surface area (Å²) in [6, 6.07) is 1.78. The van der Waals surface area contributed by atoms with E-state index in [0.717, 1.165) is 6.42 Å². The van der Waals surface area contributed by atoms with E-state index in [2.05, 4.69) is 0 Å². The Hall–Kier alpha value is -1.08. The first-order valence-electron chi connectivity index (χ1n) is 3.21. The standard InChI is InChI=1S/C7H11NO2.H2O/c1-3-4-7(2,5-8)6(9)10;/h3-4H2,1-2H3,(H,9,10);1H2. The van der Waals surface area contributed by atoms with Crippen molar-refractivity contribution in [2.45, 2.75) is 26.7 Å². The van der Waals surface area contributed by atoms with Gasteiger partial charge in [-0.25, -0.2) is 0 Å². The van der Waals surface area contributed by atoms with Gasteiger partial charge in [-0.2, -0.15) is 5.26 Å². The third-order valence-corrected chi connectivity index (χ3v) is 1.47. The Labute approximate surface area is 65.8 Å². The zero-order valence-corrected chi connectivity index (χ0v) is 6.72. The summed E-state index contributed by atoms with van der Waals surface area (Å²) < 4.78 is 0. The first kappa shape index (κ1) is 12.6. The van der Waals surface area contributed by atoms with Crippen LogP contribution in [-0.4, -0.2) is 16.6 Å². The Kier molecular flexibility index (Phi) is 5.37. The molecule has 1 atom stereocenters. The first-order chi connectivity index (χ1) is 4.56. The summed E-state index contributed by atoms with van der Waals surface area (Å²) in [4.78, 5) is 10.4. The summed E-state index contributed by atoms with van der Waals surface area (Å²) in [6.07, 6.45) is 1.13. The van der Waals surface area contributed by atoms with Crippen molar-refractivity contribution in [1.82, 2.24) is 0 Å². The normalized spacial score (nSPS) is 13.9. The number of carboxylic acids is 1. The van der Waals surface area contributed by atoms with E-state index in [1.807, 2.05) is 6.92 Å². The Morgan fingerprint density at radius 3 is 2.27 bits per heavy atom. The van der Waals surface area contributed by atoms with Crippen LogP contribution >= 0.6 is 0 Å². The van der Waals surface area contributed by atoms with Crippen molar-refractivity contribution in [3.05, 3.63) is 0 Å². The van der Waals surface area contributed by atoms with Crippen LogP contribution < -0.4 is 0 Å². The molecule has 4 heteroatoms. The molecule has 0 aromatic rings. The maximum absolute atomic E-state index is 10.4. The predicted octanol–water partition coefficient (Wildman–Crippen LogP) is 0.576. The Balaban J connectivity index is 0. The number of carboxylic acid groups (broad SMARTS) is 1. The van der Waals surface area contributed by atoms with Gasteiger partial charge >= 0.3 is 5.97 Å². The van der Waals surface area contributed by atoms with Crippen LogP contribution in [0.3, 0.4) is 0 Å². The quantitative estimate of drug-likeness (QED) is 0.652. The average Bonchev–Trinajstić information content (AvgIpc) is 1.88. The van der Waals surface area contributed by atoms with Gasteiger partial charge in [-0.05, 0) is 13.3 Å². The van der Waals surface area contributed by atoms with Crippen molar-refractivity contribution < 1.29 is 15.4 Å². The summed E-state index contributed by atoms with van der Waals surface area (Å²) in [7, 11) is 0. The number of nitriles is 1. The molecule has 0 rings (SSSR count). The summed E-state index contributed by atoms with van der Waals surface area (Å²) in [5, 5.41) is 17.0. The fourth-order valence-corrected chi connectivity index (χ4v) is 0.711. The molecule has 3 N–H and O–H groups in total. The molecule has 0 aliphatic rings. The number of rotatable bonds is 3. The van der Waals surface area contributed by atoms with E-state index in [0.29, 0.717) is 6.42 Å². The highest BCUT2D eigenvalue weighted by atomic mass is 16.4. The molecule has 0 radical (unpaired) electrons. The molecule has 1 unspecified atom stereocenters. The lowest BCUT2D eigenvalue weighted by Crippen LogP contribution is -2.25. The summed E-state index contributed by atoms with van der Waals surface area (Å²) in [5.74, 6) is -1.03. The molecule has 11 heavy (non-hydrogen) atoms. The molecule has 0 fully saturated rings. The molecule has 0 aliphatic carbocycles. The van der Waals surface area contributed by atoms with Gasteiger partial charge in [0.05, 0.1) is 6.07 Å². The van der Waals surface area contributed by atoms with E-state index in [1.54, 1.807) is 6.07 Å². The van der Waals surface area contributed by atoms with Crippen LogP contribution in [0.2, 0.25) is 0 Å². The fourth-order valence-electron chi connectivity index (χ4n) is 0.711. The second-order valence-corrected chi connectivity index (χ2v) is 2.50. The van der Waals surface area contributed by atoms with E-state index in [-0.39, 0.29) is 5.48 Å². The van der Waals surface area contributed by atoms with Crippen molar-refractivity contribution in [3.63, 3.8) is 0 Å². The van der Waals surface area contributed by atoms with Gasteiger partial charge in [0.1, 0.15) is 0 Å². The van der Waals surface area contributed by atoms with Crippen molar-refractivity contribution in [3.8, 4) is 6.07 Å². The van der Waals surface area contributed by atoms with Gasteiger partial charge in [-0.1, -0.05) is 13.3 Å². The predicted molar refractivity (Wildman–Crippen MR) is 39.9 cm³/mol. The van der Waals surface area contributed by atoms with Crippen LogP contribution in [0.15, 0.2) is 0 Å². The van der Waals surface area contributed by atoms with E-state index in [9.17, 15) is 4.79 Å². The van der Waals surface area contributed by atoms with E-state index >= 15 is 0 Å². The van der Waals surface area contributed by atoms with Crippen LogP contribution in [0.25, 0.3) is 0 Å². The molecular weight excluding hydrogens is 146 g/mol. The van der Waals surface area contributed by atoms with Gasteiger partial charge in [-0.3, -0.25) is 4.79 Å². The van der Waals surface area contributed by atoms with Gasteiger partial charge in [0.25, 0.3) is 0 Å². The lowest BCUT2D eigenvalue weighted by atomic mass is 9.88. The van der Waals surface area contributed by atoms with Crippen molar-refractivity contribution in [2.24, 2.45) is 5.41 Å². The van der Waals surface area contributed by atoms with Crippen LogP contribution in [0.1, 0.15) is 26.7 Å². The molecular formula is C7H13NO3. The third kappa shape index (κ3) is 3.01. The molecule has 0 saturated carbocycles. The van der Waals surface area contributed by atoms with Gasteiger partial charge in [-0.15, -0.1) is 0 Å². The van der Waals surface area contributed by atoms with Gasteiger partial charge < -0.3 is 10.6 Å². The molecule has 0 saturated heterocycles. The minimum absolute atomic E-state index is 0. The molecule has 0 amide bonds. The SMILES string of the molecule is CCCC(C)(C#N)C(=O)O.O. The van der Waals surface area contributed by atoms with Crippen LogP contribution in [-0.2, 0) is 4.79 Å². The van der Waals surface area contributed by atoms with Crippen LogP contribution in [0, 0.1) is 16.7 Å². The lowest BCUT2D eigenvalue weighted by Gasteiger charge is -2.13. The van der Waals surface area contributed by atoms with Crippen molar-refractivity contribution in [1.29, 1.82) is 5.26 Å². The van der Waals surface area contributed by atoms with Crippen molar-refractivity contribution >= 4 is 5.97 Å². The topological polar surface area (TPSA) is 92.6 Å². The van der Waals surface area contributed by atoms with Gasteiger partial charge in [0.2, 0.25) is 0 Å². The molecule has 0 heterocycles. The molecule has 0 aliphatic heterocycles. The third-order valence-electron chi connectivity index (χ3n) is 1.47. The summed E-state index contributed by atoms with van der Waals surface area (Å²) in [6.45, 7) is 3.30. The highest BCUT2D eigenvalue weighted by Crippen LogP contribution is 2.21. The van der Waals surface area contributed by atoms with Gasteiger partial charge in [0.15, 0.2) is 5.41 Å². The molecule has 0 spiro atoms. The van der Waals surface area contributed by atoms with E-state index in [1.165, 1.54) is 6.92 Å². The van der Waals surface area contributed by atoms with Crippen LogP contribution in [0.4, 0.5) is 0 Å². The number of carbonyl (C=O) groups is 1. The summed E-state index contributed by atoms with van der Waals surface area (Å²) in [5.41, 5.74) is -1.19. The lowest BCUT2D eigenvalue weighted by molar-refractivity contribution is -0.145. The smallest absolute Gasteiger partial charge is 0.323 e. The van der Waals surface area contributed by atoms with Crippen molar-refractivity contribution in [2.75, 3.05) is 0 Å². The summed E-state index contributed by atoms with van der Waals surface area (Å²) >= 11 is 0. The molecule has 4 nitrogen and oxygen atoms in total. The number of aliphatic carboxylic acids is 1. The maximum Gasteiger partial charge on any atom is 0.323 e. The Morgan fingerprint density at radius 1 is 1.73 bits per heavy atom. The monoisotopic (exact) mass is 159 g/mol. The zero-order valence-electron chi connectivity index (χ0n) is 6.72. The fraction of sp³-hybridized carbons (Fsp3) is 0.714. The minimum atomic E-state index is -1.19. The highest BCUT2D eigenvalue weighted by molar-refractivity contribution is 5.77. The van der Waals surface area contributed by atoms with E-state index < -0.39 is 11.4 Å². The minimum Gasteiger partial charge on any atom is -0.480 e. The molecule has 64 valence electrons. The zero-order chi connectivity index (χ0) is 8.20. The average molecular weight is 159 g/mol. The number of hydrogen-bond acceptors (Lipinski definition) is 2. The Bertz CT molecular complexity index is 173. The van der Waals surface area contributed by atoms with Gasteiger partial charge in [0, 0.05) is 0 Å². The molecule has 0 bridgehead atoms. The molecule has 0 aromatic carbocycles.